The van der Waals surface area contributed by atoms with Gasteiger partial charge in [0.2, 0.25) is 5.96 Å². The second kappa shape index (κ2) is 4.78. The maximum atomic E-state index is 8.52. The van der Waals surface area contributed by atoms with Gasteiger partial charge in [0.05, 0.1) is 0 Å². The lowest BCUT2D eigenvalue weighted by Gasteiger charge is -2.06. The quantitative estimate of drug-likeness (QED) is 0.0890. The first kappa shape index (κ1) is 11.7. The van der Waals surface area contributed by atoms with Gasteiger partial charge in [0.25, 0.3) is 0 Å². The highest BCUT2D eigenvalue weighted by atomic mass is 32.3. The summed E-state index contributed by atoms with van der Waals surface area (Å²) in [6, 6.07) is 0. The molecule has 0 aliphatic heterocycles. The minimum Gasteiger partial charge on any atom is -0.759 e. The zero-order valence-corrected chi connectivity index (χ0v) is 5.41. The maximum Gasteiger partial charge on any atom is 0.228 e. The molecule has 0 aromatic heterocycles. The van der Waals surface area contributed by atoms with Gasteiger partial charge in [0, 0.05) is 10.4 Å². The predicted molar refractivity (Wildman–Crippen MR) is 28.1 cm³/mol. The second-order valence-corrected chi connectivity index (χ2v) is 1.75. The van der Waals surface area contributed by atoms with E-state index in [1.54, 1.807) is 0 Å². The van der Waals surface area contributed by atoms with E-state index in [0.29, 0.717) is 0 Å². The molecule has 0 bridgehead atoms. The van der Waals surface area contributed by atoms with Gasteiger partial charge in [-0.25, -0.2) is 0 Å². The highest BCUT2D eigenvalue weighted by Gasteiger charge is 1.64. The summed E-state index contributed by atoms with van der Waals surface area (Å²) in [5, 5.41) is 9.84. The monoisotopic (exact) mass is 171 g/mol. The third kappa shape index (κ3) is 277. The van der Waals surface area contributed by atoms with Crippen molar-refractivity contribution in [3.05, 3.63) is 0 Å². The molecule has 0 unspecified atom stereocenters. The Morgan fingerprint density at radius 2 is 1.50 bits per heavy atom. The van der Waals surface area contributed by atoms with Gasteiger partial charge in [0.15, 0.2) is 0 Å². The van der Waals surface area contributed by atoms with Gasteiger partial charge in [-0.15, -0.1) is 0 Å². The van der Waals surface area contributed by atoms with E-state index in [0.717, 1.165) is 0 Å². The molecule has 62 valence electrons. The van der Waals surface area contributed by atoms with Crippen LogP contribution in [0.3, 0.4) is 0 Å². The van der Waals surface area contributed by atoms with E-state index in [2.05, 4.69) is 16.6 Å². The molecule has 5 N–H and O–H groups in total. The summed E-state index contributed by atoms with van der Waals surface area (Å²) in [7, 11) is -5.17. The van der Waals surface area contributed by atoms with Gasteiger partial charge in [-0.05, 0) is 0 Å². The van der Waals surface area contributed by atoms with E-state index in [4.69, 9.17) is 22.7 Å². The lowest BCUT2D eigenvalue weighted by Crippen LogP contribution is -2.21. The largest absolute Gasteiger partial charge is 0.759 e. The van der Waals surface area contributed by atoms with Gasteiger partial charge in [-0.1, -0.05) is 5.16 Å². The summed E-state index contributed by atoms with van der Waals surface area (Å²) in [4.78, 5) is 0. The summed E-state index contributed by atoms with van der Waals surface area (Å²) < 4.78 is 34.1. The van der Waals surface area contributed by atoms with E-state index in [-0.39, 0.29) is 5.96 Å². The first-order valence-corrected chi connectivity index (χ1v) is 3.00. The van der Waals surface area contributed by atoms with Crippen LogP contribution >= 0.6 is 0 Å². The number of guanidine groups is 1. The molecule has 9 heteroatoms. The molecule has 0 spiro atoms. The average molecular weight is 171 g/mol. The Kier molecular flexibility index (Phi) is 5.60. The second-order valence-electron chi connectivity index (χ2n) is 0.933. The van der Waals surface area contributed by atoms with E-state index >= 15 is 0 Å². The van der Waals surface area contributed by atoms with Crippen molar-refractivity contribution >= 4 is 16.4 Å². The minimum absolute atomic E-state index is 0.315. The van der Waals surface area contributed by atoms with Crippen molar-refractivity contribution in [2.75, 3.05) is 0 Å². The molecule has 0 radical (unpaired) electrons. The van der Waals surface area contributed by atoms with Crippen LogP contribution in [0.4, 0.5) is 0 Å². The van der Waals surface area contributed by atoms with Crippen LogP contribution < -0.4 is 11.5 Å². The van der Waals surface area contributed by atoms with Gasteiger partial charge in [-0.3, -0.25) is 8.42 Å². The SMILES string of the molecule is NC(N)=NO.O=S(=O)([O-])[O-]. The number of hydrogen-bond acceptors (Lipinski definition) is 6. The van der Waals surface area contributed by atoms with Crippen molar-refractivity contribution in [1.82, 2.24) is 0 Å². The van der Waals surface area contributed by atoms with E-state index in [9.17, 15) is 0 Å². The first-order valence-electron chi connectivity index (χ1n) is 1.67. The molecule has 0 aromatic rings. The minimum atomic E-state index is -5.17. The Hall–Kier alpha value is -1.06. The van der Waals surface area contributed by atoms with Gasteiger partial charge >= 0.3 is 0 Å². The van der Waals surface area contributed by atoms with E-state index < -0.39 is 10.4 Å². The van der Waals surface area contributed by atoms with Crippen molar-refractivity contribution in [3.63, 3.8) is 0 Å². The smallest absolute Gasteiger partial charge is 0.228 e. The topological polar surface area (TPSA) is 165 Å². The Morgan fingerprint density at radius 3 is 1.50 bits per heavy atom. The summed E-state index contributed by atoms with van der Waals surface area (Å²) in [5.74, 6) is -0.315. The molecule has 0 heterocycles. The lowest BCUT2D eigenvalue weighted by atomic mass is 11.1. The molecule has 0 aliphatic carbocycles. The summed E-state index contributed by atoms with van der Waals surface area (Å²) >= 11 is 0. The number of nitrogens with two attached hydrogens (primary N) is 2. The molecule has 0 fully saturated rings. The molecular formula is CH5N3O5S-2. The average Bonchev–Trinajstić information content (AvgIpc) is 1.61. The third-order valence-electron chi connectivity index (χ3n) is 0.115. The fourth-order valence-corrected chi connectivity index (χ4v) is 0. The van der Waals surface area contributed by atoms with Gasteiger partial charge in [-0.2, -0.15) is 0 Å². The Labute approximate surface area is 56.7 Å². The van der Waals surface area contributed by atoms with Crippen LogP contribution in [0.25, 0.3) is 0 Å². The van der Waals surface area contributed by atoms with Crippen molar-refractivity contribution in [2.24, 2.45) is 16.6 Å². The van der Waals surface area contributed by atoms with Crippen LogP contribution in [0, 0.1) is 0 Å². The fourth-order valence-electron chi connectivity index (χ4n) is 0. The van der Waals surface area contributed by atoms with Crippen LogP contribution in [-0.4, -0.2) is 28.7 Å². The third-order valence-corrected chi connectivity index (χ3v) is 0.115. The molecule has 10 heavy (non-hydrogen) atoms. The van der Waals surface area contributed by atoms with Crippen LogP contribution in [0.5, 0.6) is 0 Å². The molecular weight excluding hydrogens is 166 g/mol. The number of nitrogens with zero attached hydrogens (tertiary/aromatic N) is 1. The molecule has 0 saturated heterocycles. The summed E-state index contributed by atoms with van der Waals surface area (Å²) in [6.45, 7) is 0. The molecule has 0 aliphatic rings. The molecule has 0 aromatic carbocycles. The zero-order chi connectivity index (χ0) is 8.78. The lowest BCUT2D eigenvalue weighted by molar-refractivity contribution is 0.317. The normalized spacial score (nSPS) is 9.00. The Bertz CT molecular complexity index is 181. The highest BCUT2D eigenvalue weighted by Crippen LogP contribution is 1.57. The van der Waals surface area contributed by atoms with Gasteiger partial charge < -0.3 is 25.8 Å². The van der Waals surface area contributed by atoms with Gasteiger partial charge in [0.1, 0.15) is 0 Å². The highest BCUT2D eigenvalue weighted by molar-refractivity contribution is 7.79. The van der Waals surface area contributed by atoms with Crippen molar-refractivity contribution in [2.45, 2.75) is 0 Å². The van der Waals surface area contributed by atoms with Crippen molar-refractivity contribution < 1.29 is 22.7 Å². The van der Waals surface area contributed by atoms with Crippen LogP contribution in [-0.2, 0) is 10.4 Å². The first-order chi connectivity index (χ1) is 4.27. The molecule has 0 rings (SSSR count). The molecule has 0 saturated carbocycles. The standard InChI is InChI=1S/CH5N3O.H2O4S/c2-1(3)4-5;1-5(2,3)4/h5H,(H4,2,3,4);(H2,1,2,3,4)/p-2. The van der Waals surface area contributed by atoms with E-state index in [1.165, 1.54) is 0 Å². The Morgan fingerprint density at radius 1 is 1.40 bits per heavy atom. The van der Waals surface area contributed by atoms with Crippen molar-refractivity contribution in [3.8, 4) is 0 Å². The predicted octanol–water partition coefficient (Wildman–Crippen LogP) is -2.69. The van der Waals surface area contributed by atoms with Crippen LogP contribution in [0.15, 0.2) is 5.16 Å². The fraction of sp³-hybridized carbons (Fsp3) is 0. The van der Waals surface area contributed by atoms with E-state index in [1.807, 2.05) is 0 Å². The molecule has 0 atom stereocenters. The number of oxime groups is 1. The maximum absolute atomic E-state index is 8.52. The zero-order valence-electron chi connectivity index (χ0n) is 4.59. The summed E-state index contributed by atoms with van der Waals surface area (Å²) in [5.41, 5.74) is 9.14. The Balaban J connectivity index is 0. The van der Waals surface area contributed by atoms with Crippen LogP contribution in [0.2, 0.25) is 0 Å². The van der Waals surface area contributed by atoms with Crippen molar-refractivity contribution in [1.29, 1.82) is 0 Å². The molecule has 8 nitrogen and oxygen atoms in total. The molecule has 0 amide bonds. The van der Waals surface area contributed by atoms with Crippen LogP contribution in [0.1, 0.15) is 0 Å². The summed E-state index contributed by atoms with van der Waals surface area (Å²) in [6.07, 6.45) is 0. The number of rotatable bonds is 0. The number of hydrogen-bond donors (Lipinski definition) is 3.